The van der Waals surface area contributed by atoms with Crippen molar-refractivity contribution in [2.24, 2.45) is 0 Å². The maximum absolute atomic E-state index is 13.2. The van der Waals surface area contributed by atoms with E-state index in [2.05, 4.69) is 11.9 Å². The number of carbonyl (C=O) groups excluding carboxylic acids is 1. The van der Waals surface area contributed by atoms with Crippen LogP contribution in [0.25, 0.3) is 0 Å². The molecule has 0 aliphatic rings. The minimum Gasteiger partial charge on any atom is -0.348 e. The molecule has 0 fully saturated rings. The fourth-order valence-electron chi connectivity index (χ4n) is 1.93. The summed E-state index contributed by atoms with van der Waals surface area (Å²) in [6.07, 6.45) is 2.98. The molecule has 1 amide bonds. The number of aromatic nitrogens is 1. The lowest BCUT2D eigenvalue weighted by atomic mass is 10.2. The van der Waals surface area contributed by atoms with Gasteiger partial charge in [-0.1, -0.05) is 12.1 Å². The van der Waals surface area contributed by atoms with Crippen molar-refractivity contribution in [2.75, 3.05) is 6.54 Å². The highest BCUT2D eigenvalue weighted by Gasteiger charge is 2.12. The van der Waals surface area contributed by atoms with Crippen LogP contribution in [0.2, 0.25) is 0 Å². The molecule has 0 spiro atoms. The number of pyridine rings is 1. The van der Waals surface area contributed by atoms with Crippen molar-refractivity contribution in [2.45, 2.75) is 6.54 Å². The van der Waals surface area contributed by atoms with Gasteiger partial charge in [0.25, 0.3) is 11.5 Å². The molecule has 2 rings (SSSR count). The first-order valence-corrected chi connectivity index (χ1v) is 6.55. The molecule has 114 valence electrons. The molecule has 0 atom stereocenters. The van der Waals surface area contributed by atoms with Gasteiger partial charge < -0.3 is 9.88 Å². The first-order chi connectivity index (χ1) is 10.5. The Morgan fingerprint density at radius 1 is 1.27 bits per heavy atom. The third kappa shape index (κ3) is 3.46. The number of rotatable bonds is 5. The molecule has 6 heteroatoms. The van der Waals surface area contributed by atoms with Crippen LogP contribution in [0.4, 0.5) is 8.78 Å². The first-order valence-electron chi connectivity index (χ1n) is 6.55. The molecule has 0 radical (unpaired) electrons. The Kier molecular flexibility index (Phi) is 4.83. The highest BCUT2D eigenvalue weighted by atomic mass is 19.2. The number of carbonyl (C=O) groups is 1. The summed E-state index contributed by atoms with van der Waals surface area (Å²) in [4.78, 5) is 24.1. The third-order valence-electron chi connectivity index (χ3n) is 3.01. The van der Waals surface area contributed by atoms with Crippen LogP contribution in [-0.4, -0.2) is 17.0 Å². The van der Waals surface area contributed by atoms with Gasteiger partial charge in [0.1, 0.15) is 5.56 Å². The molecular weight excluding hydrogens is 290 g/mol. The van der Waals surface area contributed by atoms with Gasteiger partial charge in [-0.25, -0.2) is 8.78 Å². The molecule has 0 aliphatic carbocycles. The van der Waals surface area contributed by atoms with Crippen LogP contribution in [0.15, 0.2) is 54.0 Å². The van der Waals surface area contributed by atoms with Gasteiger partial charge in [0, 0.05) is 12.7 Å². The summed E-state index contributed by atoms with van der Waals surface area (Å²) in [5.74, 6) is -2.44. The standard InChI is InChI=1S/C16H14F2N2O2/c1-2-7-19-15(21)12-4-3-8-20(16(12)22)10-11-5-6-13(17)14(18)9-11/h2-6,8-9H,1,7,10H2,(H,19,21). The molecule has 0 saturated heterocycles. The molecule has 0 unspecified atom stereocenters. The van der Waals surface area contributed by atoms with E-state index in [1.807, 2.05) is 0 Å². The van der Waals surface area contributed by atoms with E-state index in [0.29, 0.717) is 5.56 Å². The quantitative estimate of drug-likeness (QED) is 0.860. The van der Waals surface area contributed by atoms with Crippen molar-refractivity contribution in [1.29, 1.82) is 0 Å². The number of hydrogen-bond acceptors (Lipinski definition) is 2. The van der Waals surface area contributed by atoms with Crippen LogP contribution in [0.3, 0.4) is 0 Å². The van der Waals surface area contributed by atoms with Crippen LogP contribution in [0, 0.1) is 11.6 Å². The summed E-state index contributed by atoms with van der Waals surface area (Å²) in [7, 11) is 0. The number of benzene rings is 1. The summed E-state index contributed by atoms with van der Waals surface area (Å²) < 4.78 is 27.4. The van der Waals surface area contributed by atoms with Crippen molar-refractivity contribution < 1.29 is 13.6 Å². The van der Waals surface area contributed by atoms with E-state index in [1.165, 1.54) is 29.0 Å². The fraction of sp³-hybridized carbons (Fsp3) is 0.125. The second-order valence-electron chi connectivity index (χ2n) is 4.60. The van der Waals surface area contributed by atoms with E-state index in [1.54, 1.807) is 6.07 Å². The predicted octanol–water partition coefficient (Wildman–Crippen LogP) is 2.09. The van der Waals surface area contributed by atoms with E-state index in [9.17, 15) is 18.4 Å². The Bertz CT molecular complexity index is 769. The highest BCUT2D eigenvalue weighted by Crippen LogP contribution is 2.09. The minimum absolute atomic E-state index is 0.0214. The van der Waals surface area contributed by atoms with Crippen LogP contribution in [0.5, 0.6) is 0 Å². The van der Waals surface area contributed by atoms with Gasteiger partial charge in [-0.15, -0.1) is 6.58 Å². The van der Waals surface area contributed by atoms with Crippen molar-refractivity contribution in [1.82, 2.24) is 9.88 Å². The second kappa shape index (κ2) is 6.80. The topological polar surface area (TPSA) is 51.1 Å². The van der Waals surface area contributed by atoms with Gasteiger partial charge >= 0.3 is 0 Å². The molecule has 4 nitrogen and oxygen atoms in total. The Morgan fingerprint density at radius 2 is 2.05 bits per heavy atom. The summed E-state index contributed by atoms with van der Waals surface area (Å²) in [5.41, 5.74) is -0.106. The molecular formula is C16H14F2N2O2. The van der Waals surface area contributed by atoms with E-state index in [-0.39, 0.29) is 18.7 Å². The van der Waals surface area contributed by atoms with Crippen molar-refractivity contribution in [3.63, 3.8) is 0 Å². The zero-order valence-electron chi connectivity index (χ0n) is 11.7. The van der Waals surface area contributed by atoms with Gasteiger partial charge in [-0.3, -0.25) is 9.59 Å². The zero-order valence-corrected chi connectivity index (χ0v) is 11.7. The number of amides is 1. The van der Waals surface area contributed by atoms with Crippen molar-refractivity contribution in [3.05, 3.63) is 82.3 Å². The van der Waals surface area contributed by atoms with Crippen molar-refractivity contribution in [3.8, 4) is 0 Å². The summed E-state index contributed by atoms with van der Waals surface area (Å²) in [6.45, 7) is 3.76. The third-order valence-corrected chi connectivity index (χ3v) is 3.01. The summed E-state index contributed by atoms with van der Waals surface area (Å²) in [5, 5.41) is 2.52. The molecule has 1 aromatic heterocycles. The molecule has 0 aliphatic heterocycles. The smallest absolute Gasteiger partial charge is 0.263 e. The Hall–Kier alpha value is -2.76. The van der Waals surface area contributed by atoms with E-state index in [4.69, 9.17) is 0 Å². The van der Waals surface area contributed by atoms with Crippen molar-refractivity contribution >= 4 is 5.91 Å². The molecule has 1 heterocycles. The van der Waals surface area contributed by atoms with E-state index < -0.39 is 23.1 Å². The normalized spacial score (nSPS) is 10.3. The molecule has 1 N–H and O–H groups in total. The molecule has 2 aromatic rings. The lowest BCUT2D eigenvalue weighted by Gasteiger charge is -2.08. The highest BCUT2D eigenvalue weighted by molar-refractivity contribution is 5.93. The van der Waals surface area contributed by atoms with Crippen LogP contribution < -0.4 is 10.9 Å². The average Bonchev–Trinajstić information content (AvgIpc) is 2.50. The number of nitrogens with one attached hydrogen (secondary N) is 1. The average molecular weight is 304 g/mol. The Morgan fingerprint density at radius 3 is 2.73 bits per heavy atom. The second-order valence-corrected chi connectivity index (χ2v) is 4.60. The zero-order chi connectivity index (χ0) is 16.1. The summed E-state index contributed by atoms with van der Waals surface area (Å²) in [6, 6.07) is 6.35. The molecule has 0 saturated carbocycles. The predicted molar refractivity (Wildman–Crippen MR) is 78.7 cm³/mol. The van der Waals surface area contributed by atoms with Gasteiger partial charge in [0.2, 0.25) is 0 Å². The van der Waals surface area contributed by atoms with Gasteiger partial charge in [0.15, 0.2) is 11.6 Å². The molecule has 22 heavy (non-hydrogen) atoms. The lowest BCUT2D eigenvalue weighted by Crippen LogP contribution is -2.33. The number of halogens is 2. The first kappa shape index (κ1) is 15.6. The van der Waals surface area contributed by atoms with Crippen LogP contribution in [0.1, 0.15) is 15.9 Å². The summed E-state index contributed by atoms with van der Waals surface area (Å²) >= 11 is 0. The Labute approximate surface area is 125 Å². The SMILES string of the molecule is C=CCNC(=O)c1cccn(Cc2ccc(F)c(F)c2)c1=O. The van der Waals surface area contributed by atoms with Gasteiger partial charge in [-0.05, 0) is 29.8 Å². The van der Waals surface area contributed by atoms with Crippen LogP contribution >= 0.6 is 0 Å². The fourth-order valence-corrected chi connectivity index (χ4v) is 1.93. The van der Waals surface area contributed by atoms with Gasteiger partial charge in [-0.2, -0.15) is 0 Å². The molecule has 0 bridgehead atoms. The minimum atomic E-state index is -0.981. The Balaban J connectivity index is 2.28. The molecule has 1 aromatic carbocycles. The number of hydrogen-bond donors (Lipinski definition) is 1. The lowest BCUT2D eigenvalue weighted by molar-refractivity contribution is 0.0956. The maximum Gasteiger partial charge on any atom is 0.263 e. The largest absolute Gasteiger partial charge is 0.348 e. The number of nitrogens with zero attached hydrogens (tertiary/aromatic N) is 1. The maximum atomic E-state index is 13.2. The monoisotopic (exact) mass is 304 g/mol. The van der Waals surface area contributed by atoms with Gasteiger partial charge in [0.05, 0.1) is 6.54 Å². The van der Waals surface area contributed by atoms with E-state index >= 15 is 0 Å². The van der Waals surface area contributed by atoms with Crippen LogP contribution in [-0.2, 0) is 6.54 Å². The van der Waals surface area contributed by atoms with E-state index in [0.717, 1.165) is 12.1 Å².